The molecule has 7 heteroatoms. The SMILES string of the molecule is NC(=O)C1=C(NC(=O)N2CCCC2)C2CC(F)=CC=C2O1. The van der Waals surface area contributed by atoms with Crippen LogP contribution < -0.4 is 11.1 Å². The Kier molecular flexibility index (Phi) is 3.40. The number of likely N-dealkylation sites (tertiary alicyclic amines) is 1. The third-order valence-corrected chi connectivity index (χ3v) is 3.84. The number of allylic oxidation sites excluding steroid dienone is 3. The molecule has 1 unspecified atom stereocenters. The van der Waals surface area contributed by atoms with E-state index >= 15 is 0 Å². The summed E-state index contributed by atoms with van der Waals surface area (Å²) in [5, 5.41) is 2.68. The summed E-state index contributed by atoms with van der Waals surface area (Å²) in [5.74, 6) is -1.28. The molecule has 2 aliphatic heterocycles. The van der Waals surface area contributed by atoms with Gasteiger partial charge in [-0.1, -0.05) is 0 Å². The molecule has 0 radical (unpaired) electrons. The van der Waals surface area contributed by atoms with Crippen molar-refractivity contribution < 1.29 is 18.7 Å². The summed E-state index contributed by atoms with van der Waals surface area (Å²) in [7, 11) is 0. The van der Waals surface area contributed by atoms with E-state index in [1.165, 1.54) is 12.2 Å². The summed E-state index contributed by atoms with van der Waals surface area (Å²) in [6.45, 7) is 1.35. The highest BCUT2D eigenvalue weighted by molar-refractivity contribution is 5.93. The van der Waals surface area contributed by atoms with Gasteiger partial charge in [0.1, 0.15) is 11.6 Å². The highest BCUT2D eigenvalue weighted by Gasteiger charge is 2.38. The molecule has 3 N–H and O–H groups in total. The maximum atomic E-state index is 13.5. The standard InChI is InChI=1S/C14H16FN3O3/c15-8-3-4-10-9(7-8)11(12(21-10)13(16)19)17-14(20)18-5-1-2-6-18/h3-4,9H,1-2,5-7H2,(H2,16,19)(H,17,20). The van der Waals surface area contributed by atoms with Crippen molar-refractivity contribution in [1.82, 2.24) is 10.2 Å². The van der Waals surface area contributed by atoms with Gasteiger partial charge in [0, 0.05) is 19.5 Å². The predicted molar refractivity (Wildman–Crippen MR) is 72.0 cm³/mol. The third-order valence-electron chi connectivity index (χ3n) is 3.84. The van der Waals surface area contributed by atoms with Crippen LogP contribution in [0, 0.1) is 5.92 Å². The lowest BCUT2D eigenvalue weighted by Crippen LogP contribution is -2.39. The lowest BCUT2D eigenvalue weighted by Gasteiger charge is -2.20. The first kappa shape index (κ1) is 13.7. The topological polar surface area (TPSA) is 84.7 Å². The number of nitrogens with one attached hydrogen (secondary N) is 1. The molecule has 0 spiro atoms. The summed E-state index contributed by atoms with van der Waals surface area (Å²) >= 11 is 0. The van der Waals surface area contributed by atoms with Gasteiger partial charge in [0.25, 0.3) is 5.91 Å². The summed E-state index contributed by atoms with van der Waals surface area (Å²) in [6.07, 6.45) is 4.71. The molecular formula is C14H16FN3O3. The molecule has 0 aromatic rings. The molecule has 0 bridgehead atoms. The zero-order chi connectivity index (χ0) is 15.0. The highest BCUT2D eigenvalue weighted by atomic mass is 19.1. The van der Waals surface area contributed by atoms with Gasteiger partial charge < -0.3 is 20.7 Å². The Morgan fingerprint density at radius 2 is 2.05 bits per heavy atom. The molecule has 1 fully saturated rings. The van der Waals surface area contributed by atoms with E-state index < -0.39 is 11.8 Å². The van der Waals surface area contributed by atoms with Crippen LogP contribution in [0.1, 0.15) is 19.3 Å². The normalized spacial score (nSPS) is 24.2. The molecule has 3 amide bonds. The Labute approximate surface area is 121 Å². The lowest BCUT2D eigenvalue weighted by atomic mass is 9.95. The third kappa shape index (κ3) is 2.51. The summed E-state index contributed by atoms with van der Waals surface area (Å²) in [4.78, 5) is 25.3. The number of carbonyl (C=O) groups is 2. The number of carbonyl (C=O) groups excluding carboxylic acids is 2. The summed E-state index contributed by atoms with van der Waals surface area (Å²) < 4.78 is 18.8. The molecule has 1 aliphatic carbocycles. The fourth-order valence-corrected chi connectivity index (χ4v) is 2.77. The van der Waals surface area contributed by atoms with Crippen molar-refractivity contribution in [1.29, 1.82) is 0 Å². The first-order valence-corrected chi connectivity index (χ1v) is 6.90. The van der Waals surface area contributed by atoms with Crippen molar-refractivity contribution in [3.63, 3.8) is 0 Å². The number of hydrogen-bond acceptors (Lipinski definition) is 3. The number of urea groups is 1. The molecule has 112 valence electrons. The zero-order valence-corrected chi connectivity index (χ0v) is 11.4. The van der Waals surface area contributed by atoms with Gasteiger partial charge in [-0.25, -0.2) is 9.18 Å². The second kappa shape index (κ2) is 5.23. The van der Waals surface area contributed by atoms with Crippen LogP contribution in [-0.2, 0) is 9.53 Å². The van der Waals surface area contributed by atoms with Crippen molar-refractivity contribution in [3.8, 4) is 0 Å². The lowest BCUT2D eigenvalue weighted by molar-refractivity contribution is -0.117. The van der Waals surface area contributed by atoms with Crippen molar-refractivity contribution in [2.45, 2.75) is 19.3 Å². The highest BCUT2D eigenvalue weighted by Crippen LogP contribution is 2.39. The molecule has 2 heterocycles. The number of halogens is 1. The molecule has 21 heavy (non-hydrogen) atoms. The minimum absolute atomic E-state index is 0.0538. The Morgan fingerprint density at radius 3 is 2.71 bits per heavy atom. The number of hydrogen-bond donors (Lipinski definition) is 2. The number of nitrogens with two attached hydrogens (primary N) is 1. The zero-order valence-electron chi connectivity index (χ0n) is 11.4. The fourth-order valence-electron chi connectivity index (χ4n) is 2.77. The number of fused-ring (bicyclic) bond motifs is 1. The Bertz CT molecular complexity index is 588. The van der Waals surface area contributed by atoms with Gasteiger partial charge in [-0.05, 0) is 25.0 Å². The average molecular weight is 293 g/mol. The Balaban J connectivity index is 1.83. The average Bonchev–Trinajstić information content (AvgIpc) is 3.07. The van der Waals surface area contributed by atoms with Crippen LogP contribution in [0.3, 0.4) is 0 Å². The Hall–Kier alpha value is -2.31. The van der Waals surface area contributed by atoms with E-state index in [1.54, 1.807) is 4.90 Å². The van der Waals surface area contributed by atoms with Crippen LogP contribution in [0.25, 0.3) is 0 Å². The van der Waals surface area contributed by atoms with E-state index in [0.717, 1.165) is 12.8 Å². The first-order chi connectivity index (χ1) is 10.1. The van der Waals surface area contributed by atoms with E-state index in [4.69, 9.17) is 10.5 Å². The van der Waals surface area contributed by atoms with Crippen LogP contribution in [0.15, 0.2) is 35.2 Å². The van der Waals surface area contributed by atoms with E-state index in [2.05, 4.69) is 5.32 Å². The summed E-state index contributed by atoms with van der Waals surface area (Å²) in [6, 6.07) is -0.305. The molecule has 0 saturated carbocycles. The van der Waals surface area contributed by atoms with Crippen LogP contribution in [0.4, 0.5) is 9.18 Å². The van der Waals surface area contributed by atoms with Gasteiger partial charge in [0.05, 0.1) is 11.6 Å². The number of amides is 3. The van der Waals surface area contributed by atoms with Crippen LogP contribution in [-0.4, -0.2) is 29.9 Å². The van der Waals surface area contributed by atoms with Gasteiger partial charge in [0.2, 0.25) is 5.76 Å². The van der Waals surface area contributed by atoms with Crippen LogP contribution in [0.2, 0.25) is 0 Å². The molecule has 0 aromatic heterocycles. The van der Waals surface area contributed by atoms with Gasteiger partial charge in [0.15, 0.2) is 0 Å². The maximum Gasteiger partial charge on any atom is 0.321 e. The molecular weight excluding hydrogens is 277 g/mol. The molecule has 1 saturated heterocycles. The molecule has 1 atom stereocenters. The first-order valence-electron chi connectivity index (χ1n) is 6.90. The van der Waals surface area contributed by atoms with Crippen LogP contribution >= 0.6 is 0 Å². The monoisotopic (exact) mass is 293 g/mol. The van der Waals surface area contributed by atoms with E-state index in [-0.39, 0.29) is 29.7 Å². The number of rotatable bonds is 2. The van der Waals surface area contributed by atoms with Crippen molar-refractivity contribution in [2.24, 2.45) is 11.7 Å². The van der Waals surface area contributed by atoms with Crippen LogP contribution in [0.5, 0.6) is 0 Å². The molecule has 0 aromatic carbocycles. The van der Waals surface area contributed by atoms with Gasteiger partial charge in [-0.15, -0.1) is 0 Å². The maximum absolute atomic E-state index is 13.5. The number of primary amides is 1. The van der Waals surface area contributed by atoms with E-state index in [0.29, 0.717) is 18.8 Å². The minimum Gasteiger partial charge on any atom is -0.453 e. The Morgan fingerprint density at radius 1 is 1.33 bits per heavy atom. The molecule has 3 aliphatic rings. The molecule has 6 nitrogen and oxygen atoms in total. The van der Waals surface area contributed by atoms with E-state index in [9.17, 15) is 14.0 Å². The minimum atomic E-state index is -0.776. The molecule has 3 rings (SSSR count). The second-order valence-electron chi connectivity index (χ2n) is 5.27. The van der Waals surface area contributed by atoms with E-state index in [1.807, 2.05) is 0 Å². The number of ether oxygens (including phenoxy) is 1. The van der Waals surface area contributed by atoms with Gasteiger partial charge >= 0.3 is 6.03 Å². The largest absolute Gasteiger partial charge is 0.453 e. The van der Waals surface area contributed by atoms with Crippen molar-refractivity contribution in [3.05, 3.63) is 35.2 Å². The van der Waals surface area contributed by atoms with Gasteiger partial charge in [-0.3, -0.25) is 4.79 Å². The quantitative estimate of drug-likeness (QED) is 0.804. The second-order valence-corrected chi connectivity index (χ2v) is 5.27. The fraction of sp³-hybridized carbons (Fsp3) is 0.429. The van der Waals surface area contributed by atoms with Crippen molar-refractivity contribution >= 4 is 11.9 Å². The predicted octanol–water partition coefficient (Wildman–Crippen LogP) is 1.28. The van der Waals surface area contributed by atoms with Crippen molar-refractivity contribution in [2.75, 3.05) is 13.1 Å². The summed E-state index contributed by atoms with van der Waals surface area (Å²) in [5.41, 5.74) is 5.54. The smallest absolute Gasteiger partial charge is 0.321 e. The van der Waals surface area contributed by atoms with Gasteiger partial charge in [-0.2, -0.15) is 0 Å². The number of nitrogens with zero attached hydrogens (tertiary/aromatic N) is 1.